The fourth-order valence-corrected chi connectivity index (χ4v) is 3.90. The number of nitrogens with one attached hydrogen (secondary N) is 2. The normalized spacial score (nSPS) is 17.3. The van der Waals surface area contributed by atoms with Crippen molar-refractivity contribution in [3.05, 3.63) is 64.7 Å². The van der Waals surface area contributed by atoms with E-state index in [2.05, 4.69) is 32.6 Å². The van der Waals surface area contributed by atoms with Gasteiger partial charge in [0.25, 0.3) is 5.91 Å². The van der Waals surface area contributed by atoms with Gasteiger partial charge in [-0.15, -0.1) is 0 Å². The van der Waals surface area contributed by atoms with E-state index in [1.165, 1.54) is 5.56 Å². The van der Waals surface area contributed by atoms with E-state index in [1.54, 1.807) is 12.1 Å². The van der Waals surface area contributed by atoms with Crippen LogP contribution in [-0.4, -0.2) is 60.4 Å². The molecule has 2 N–H and O–H groups in total. The van der Waals surface area contributed by atoms with E-state index in [1.807, 2.05) is 24.3 Å². The van der Waals surface area contributed by atoms with Gasteiger partial charge in [0.2, 0.25) is 5.91 Å². The number of amides is 2. The van der Waals surface area contributed by atoms with Crippen LogP contribution in [0.3, 0.4) is 0 Å². The van der Waals surface area contributed by atoms with E-state index >= 15 is 0 Å². The third-order valence-corrected chi connectivity index (χ3v) is 6.05. The van der Waals surface area contributed by atoms with Crippen LogP contribution >= 0.6 is 11.6 Å². The van der Waals surface area contributed by atoms with Crippen LogP contribution in [0.4, 0.5) is 5.69 Å². The molecular weight excluding hydrogens is 412 g/mol. The largest absolute Gasteiger partial charge is 0.349 e. The highest BCUT2D eigenvalue weighted by molar-refractivity contribution is 6.30. The minimum atomic E-state index is -0.116. The number of anilines is 1. The van der Waals surface area contributed by atoms with Crippen LogP contribution < -0.4 is 10.6 Å². The quantitative estimate of drug-likeness (QED) is 0.660. The van der Waals surface area contributed by atoms with Crippen molar-refractivity contribution in [2.45, 2.75) is 31.8 Å². The molecule has 31 heavy (non-hydrogen) atoms. The maximum Gasteiger partial charge on any atom is 0.253 e. The summed E-state index contributed by atoms with van der Waals surface area (Å²) < 4.78 is 0. The Kier molecular flexibility index (Phi) is 7.22. The molecule has 2 amide bonds. The van der Waals surface area contributed by atoms with Crippen molar-refractivity contribution in [3.63, 3.8) is 0 Å². The second-order valence-corrected chi connectivity index (χ2v) is 8.77. The number of hydrogen-bond donors (Lipinski definition) is 2. The Morgan fingerprint density at radius 2 is 1.61 bits per heavy atom. The number of benzene rings is 2. The summed E-state index contributed by atoms with van der Waals surface area (Å²) in [7, 11) is 0. The van der Waals surface area contributed by atoms with Crippen LogP contribution in [0.5, 0.6) is 0 Å². The Morgan fingerprint density at radius 1 is 0.935 bits per heavy atom. The first-order valence-electron chi connectivity index (χ1n) is 11.0. The zero-order chi connectivity index (χ0) is 21.6. The second-order valence-electron chi connectivity index (χ2n) is 8.34. The molecule has 164 valence electrons. The number of piperazine rings is 1. The molecule has 2 fully saturated rings. The molecule has 1 saturated heterocycles. The lowest BCUT2D eigenvalue weighted by atomic mass is 10.1. The number of carbonyl (C=O) groups is 2. The van der Waals surface area contributed by atoms with E-state index in [0.717, 1.165) is 57.1 Å². The number of para-hydroxylation sites is 1. The van der Waals surface area contributed by atoms with Crippen molar-refractivity contribution < 1.29 is 9.59 Å². The standard InChI is InChI=1S/C24H29ClN4O2/c25-19-7-5-18(6-8-19)17-29-15-13-28(14-16-29)12-11-23(30)27-22-4-2-1-3-21(22)24(31)26-20-9-10-20/h1-8,20H,9-17H2,(H,26,31)(H,27,30). The van der Waals surface area contributed by atoms with E-state index in [4.69, 9.17) is 11.6 Å². The number of nitrogens with zero attached hydrogens (tertiary/aromatic N) is 2. The van der Waals surface area contributed by atoms with Gasteiger partial charge >= 0.3 is 0 Å². The zero-order valence-electron chi connectivity index (χ0n) is 17.6. The first-order chi connectivity index (χ1) is 15.1. The van der Waals surface area contributed by atoms with Crippen molar-refractivity contribution in [1.82, 2.24) is 15.1 Å². The van der Waals surface area contributed by atoms with Crippen LogP contribution in [0, 0.1) is 0 Å². The monoisotopic (exact) mass is 440 g/mol. The van der Waals surface area contributed by atoms with E-state index in [9.17, 15) is 9.59 Å². The predicted octanol–water partition coefficient (Wildman–Crippen LogP) is 3.38. The third-order valence-electron chi connectivity index (χ3n) is 5.80. The van der Waals surface area contributed by atoms with Crippen LogP contribution in [-0.2, 0) is 11.3 Å². The molecule has 2 aliphatic rings. The van der Waals surface area contributed by atoms with Gasteiger partial charge in [-0.25, -0.2) is 0 Å². The SMILES string of the molecule is O=C(CCN1CCN(Cc2ccc(Cl)cc2)CC1)Nc1ccccc1C(=O)NC1CC1. The third kappa shape index (κ3) is 6.53. The van der Waals surface area contributed by atoms with Crippen molar-refractivity contribution >= 4 is 29.1 Å². The number of carbonyl (C=O) groups excluding carboxylic acids is 2. The highest BCUT2D eigenvalue weighted by atomic mass is 35.5. The summed E-state index contributed by atoms with van der Waals surface area (Å²) in [4.78, 5) is 29.7. The summed E-state index contributed by atoms with van der Waals surface area (Å²) in [5, 5.41) is 6.67. The van der Waals surface area contributed by atoms with Crippen LogP contribution in [0.1, 0.15) is 35.2 Å². The van der Waals surface area contributed by atoms with Gasteiger partial charge in [0, 0.05) is 56.8 Å². The Morgan fingerprint density at radius 3 is 2.32 bits per heavy atom. The Hall–Kier alpha value is -2.41. The minimum Gasteiger partial charge on any atom is -0.349 e. The summed E-state index contributed by atoms with van der Waals surface area (Å²) in [6.45, 7) is 5.49. The maximum absolute atomic E-state index is 12.5. The molecule has 0 bridgehead atoms. The van der Waals surface area contributed by atoms with Gasteiger partial charge in [-0.1, -0.05) is 35.9 Å². The topological polar surface area (TPSA) is 64.7 Å². The molecule has 0 radical (unpaired) electrons. The molecule has 6 nitrogen and oxygen atoms in total. The zero-order valence-corrected chi connectivity index (χ0v) is 18.4. The van der Waals surface area contributed by atoms with Gasteiger partial charge in [0.05, 0.1) is 11.3 Å². The summed E-state index contributed by atoms with van der Waals surface area (Å²) >= 11 is 5.96. The summed E-state index contributed by atoms with van der Waals surface area (Å²) in [6.07, 6.45) is 2.48. The first-order valence-corrected chi connectivity index (χ1v) is 11.3. The van der Waals surface area contributed by atoms with Gasteiger partial charge < -0.3 is 15.5 Å². The molecule has 1 heterocycles. The highest BCUT2D eigenvalue weighted by Gasteiger charge is 2.25. The molecule has 0 atom stereocenters. The van der Waals surface area contributed by atoms with Crippen LogP contribution in [0.25, 0.3) is 0 Å². The van der Waals surface area contributed by atoms with E-state index < -0.39 is 0 Å². The maximum atomic E-state index is 12.5. The van der Waals surface area contributed by atoms with Crippen LogP contribution in [0.2, 0.25) is 5.02 Å². The van der Waals surface area contributed by atoms with Gasteiger partial charge in [0.15, 0.2) is 0 Å². The number of rotatable bonds is 8. The van der Waals surface area contributed by atoms with E-state index in [0.29, 0.717) is 17.7 Å². The summed E-state index contributed by atoms with van der Waals surface area (Å²) in [5.74, 6) is -0.175. The van der Waals surface area contributed by atoms with E-state index in [-0.39, 0.29) is 17.9 Å². The molecule has 0 unspecified atom stereocenters. The average Bonchev–Trinajstić information content (AvgIpc) is 3.59. The molecule has 1 aliphatic carbocycles. The fourth-order valence-electron chi connectivity index (χ4n) is 3.77. The van der Waals surface area contributed by atoms with Crippen molar-refractivity contribution in [1.29, 1.82) is 0 Å². The van der Waals surface area contributed by atoms with Crippen molar-refractivity contribution in [2.24, 2.45) is 0 Å². The van der Waals surface area contributed by atoms with Gasteiger partial charge in [-0.05, 0) is 42.7 Å². The van der Waals surface area contributed by atoms with Gasteiger partial charge in [0.1, 0.15) is 0 Å². The molecule has 2 aromatic carbocycles. The lowest BCUT2D eigenvalue weighted by Gasteiger charge is -2.34. The molecule has 2 aromatic rings. The van der Waals surface area contributed by atoms with Crippen LogP contribution in [0.15, 0.2) is 48.5 Å². The summed E-state index contributed by atoms with van der Waals surface area (Å²) in [5.41, 5.74) is 2.37. The highest BCUT2D eigenvalue weighted by Crippen LogP contribution is 2.21. The molecule has 1 saturated carbocycles. The average molecular weight is 441 g/mol. The van der Waals surface area contributed by atoms with Crippen molar-refractivity contribution in [2.75, 3.05) is 38.0 Å². The molecular formula is C24H29ClN4O2. The molecule has 4 rings (SSSR count). The summed E-state index contributed by atoms with van der Waals surface area (Å²) in [6, 6.07) is 15.5. The number of halogens is 1. The fraction of sp³-hybridized carbons (Fsp3) is 0.417. The van der Waals surface area contributed by atoms with Gasteiger partial charge in [-0.2, -0.15) is 0 Å². The second kappa shape index (κ2) is 10.3. The Bertz CT molecular complexity index is 906. The number of hydrogen-bond acceptors (Lipinski definition) is 4. The van der Waals surface area contributed by atoms with Crippen molar-refractivity contribution in [3.8, 4) is 0 Å². The molecule has 7 heteroatoms. The Labute approximate surface area is 188 Å². The van der Waals surface area contributed by atoms with Gasteiger partial charge in [-0.3, -0.25) is 14.5 Å². The predicted molar refractivity (Wildman–Crippen MR) is 123 cm³/mol. The first kappa shape index (κ1) is 21.8. The molecule has 0 spiro atoms. The smallest absolute Gasteiger partial charge is 0.253 e. The minimum absolute atomic E-state index is 0.0599. The molecule has 1 aliphatic heterocycles. The molecule has 0 aromatic heterocycles. The lowest BCUT2D eigenvalue weighted by Crippen LogP contribution is -2.46. The lowest BCUT2D eigenvalue weighted by molar-refractivity contribution is -0.116. The Balaban J connectivity index is 1.20.